The number of carbonyl (C=O) groups excluding carboxylic acids is 1. The van der Waals surface area contributed by atoms with E-state index in [2.05, 4.69) is 19.2 Å². The number of ether oxygens (including phenoxy) is 1. The van der Waals surface area contributed by atoms with Crippen molar-refractivity contribution in [2.24, 2.45) is 17.8 Å². The number of amides is 1. The first-order chi connectivity index (χ1) is 9.15. The first-order valence-corrected chi connectivity index (χ1v) is 8.10. The fraction of sp³-hybridized carbons (Fsp3) is 0.938. The minimum absolute atomic E-state index is 0.00795. The number of carbonyl (C=O) groups is 1. The molecule has 1 amide bonds. The van der Waals surface area contributed by atoms with Gasteiger partial charge in [-0.3, -0.25) is 4.79 Å². The summed E-state index contributed by atoms with van der Waals surface area (Å²) in [6, 6.07) is 0.332. The Morgan fingerprint density at radius 1 is 1.21 bits per heavy atom. The Balaban J connectivity index is 1.52. The molecular weight excluding hydrogens is 238 g/mol. The van der Waals surface area contributed by atoms with Crippen LogP contribution in [0.2, 0.25) is 0 Å². The molecule has 3 unspecified atom stereocenters. The predicted octanol–water partition coefficient (Wildman–Crippen LogP) is 2.89. The number of hydrogen-bond acceptors (Lipinski definition) is 2. The molecule has 3 atom stereocenters. The average Bonchev–Trinajstić information content (AvgIpc) is 3.05. The van der Waals surface area contributed by atoms with E-state index < -0.39 is 0 Å². The van der Waals surface area contributed by atoms with Crippen molar-refractivity contribution >= 4 is 5.91 Å². The van der Waals surface area contributed by atoms with E-state index in [0.717, 1.165) is 57.0 Å². The summed E-state index contributed by atoms with van der Waals surface area (Å²) in [5.74, 6) is 2.40. The third-order valence-electron chi connectivity index (χ3n) is 5.74. The van der Waals surface area contributed by atoms with Crippen LogP contribution in [0.15, 0.2) is 0 Å². The zero-order valence-corrected chi connectivity index (χ0v) is 12.3. The summed E-state index contributed by atoms with van der Waals surface area (Å²) in [6.07, 6.45) is 7.74. The highest BCUT2D eigenvalue weighted by molar-refractivity contribution is 5.79. The molecule has 0 radical (unpaired) electrons. The molecule has 0 aromatic heterocycles. The van der Waals surface area contributed by atoms with Gasteiger partial charge in [0.05, 0.1) is 5.60 Å². The van der Waals surface area contributed by atoms with Crippen molar-refractivity contribution in [2.75, 3.05) is 6.61 Å². The molecule has 1 aliphatic heterocycles. The Bertz CT molecular complexity index is 341. The minimum atomic E-state index is 0.00795. The Kier molecular flexibility index (Phi) is 3.59. The van der Waals surface area contributed by atoms with Crippen molar-refractivity contribution in [1.29, 1.82) is 0 Å². The van der Waals surface area contributed by atoms with Gasteiger partial charge in [0, 0.05) is 18.6 Å². The van der Waals surface area contributed by atoms with E-state index in [1.165, 1.54) is 6.42 Å². The molecule has 0 aromatic rings. The van der Waals surface area contributed by atoms with Crippen LogP contribution in [0.3, 0.4) is 0 Å². The maximum Gasteiger partial charge on any atom is 0.223 e. The topological polar surface area (TPSA) is 38.3 Å². The van der Waals surface area contributed by atoms with Crippen molar-refractivity contribution < 1.29 is 9.53 Å². The normalized spacial score (nSPS) is 39.7. The van der Waals surface area contributed by atoms with Crippen molar-refractivity contribution in [1.82, 2.24) is 5.32 Å². The van der Waals surface area contributed by atoms with Gasteiger partial charge in [-0.2, -0.15) is 0 Å². The summed E-state index contributed by atoms with van der Waals surface area (Å²) >= 11 is 0. The SMILES string of the molecule is CCC1(CC)CC(NC(=O)C2CC3CC3C2)CCO1. The molecule has 19 heavy (non-hydrogen) atoms. The lowest BCUT2D eigenvalue weighted by atomic mass is 9.85. The smallest absolute Gasteiger partial charge is 0.223 e. The van der Waals surface area contributed by atoms with Crippen LogP contribution in [-0.2, 0) is 9.53 Å². The molecule has 3 nitrogen and oxygen atoms in total. The zero-order valence-electron chi connectivity index (χ0n) is 12.3. The summed E-state index contributed by atoms with van der Waals surface area (Å²) in [4.78, 5) is 12.3. The fourth-order valence-corrected chi connectivity index (χ4v) is 4.14. The van der Waals surface area contributed by atoms with Gasteiger partial charge in [-0.15, -0.1) is 0 Å². The Morgan fingerprint density at radius 3 is 2.53 bits per heavy atom. The largest absolute Gasteiger partial charge is 0.375 e. The van der Waals surface area contributed by atoms with Crippen LogP contribution in [0, 0.1) is 17.8 Å². The number of rotatable bonds is 4. The van der Waals surface area contributed by atoms with Crippen LogP contribution in [0.1, 0.15) is 58.8 Å². The van der Waals surface area contributed by atoms with Gasteiger partial charge in [0.25, 0.3) is 0 Å². The Morgan fingerprint density at radius 2 is 1.89 bits per heavy atom. The summed E-state index contributed by atoms with van der Waals surface area (Å²) in [6.45, 7) is 5.18. The second kappa shape index (κ2) is 5.08. The highest BCUT2D eigenvalue weighted by atomic mass is 16.5. The molecule has 3 heteroatoms. The van der Waals surface area contributed by atoms with Crippen molar-refractivity contribution in [3.05, 3.63) is 0 Å². The van der Waals surface area contributed by atoms with Crippen LogP contribution in [0.25, 0.3) is 0 Å². The molecule has 2 saturated carbocycles. The molecule has 0 aromatic carbocycles. The van der Waals surface area contributed by atoms with E-state index in [4.69, 9.17) is 4.74 Å². The molecular formula is C16H27NO2. The molecule has 1 N–H and O–H groups in total. The Hall–Kier alpha value is -0.570. The molecule has 0 spiro atoms. The van der Waals surface area contributed by atoms with Crippen LogP contribution < -0.4 is 5.32 Å². The molecule has 2 aliphatic carbocycles. The first kappa shape index (κ1) is 13.4. The van der Waals surface area contributed by atoms with Crippen LogP contribution >= 0.6 is 0 Å². The summed E-state index contributed by atoms with van der Waals surface area (Å²) in [5.41, 5.74) is 0.00795. The fourth-order valence-electron chi connectivity index (χ4n) is 4.14. The summed E-state index contributed by atoms with van der Waals surface area (Å²) in [5, 5.41) is 3.31. The van der Waals surface area contributed by atoms with Crippen LogP contribution in [0.4, 0.5) is 0 Å². The van der Waals surface area contributed by atoms with Gasteiger partial charge < -0.3 is 10.1 Å². The van der Waals surface area contributed by atoms with E-state index in [9.17, 15) is 4.79 Å². The lowest BCUT2D eigenvalue weighted by Gasteiger charge is -2.40. The van der Waals surface area contributed by atoms with Crippen LogP contribution in [-0.4, -0.2) is 24.2 Å². The number of hydrogen-bond donors (Lipinski definition) is 1. The van der Waals surface area contributed by atoms with Gasteiger partial charge in [0.2, 0.25) is 5.91 Å². The molecule has 1 heterocycles. The third-order valence-corrected chi connectivity index (χ3v) is 5.74. The number of nitrogens with one attached hydrogen (secondary N) is 1. The summed E-state index contributed by atoms with van der Waals surface area (Å²) < 4.78 is 5.97. The standard InChI is InChI=1S/C16H27NO2/c1-3-16(4-2)10-14(5-6-19-16)17-15(18)13-8-11-7-12(11)9-13/h11-14H,3-10H2,1-2H3,(H,17,18). The van der Waals surface area contributed by atoms with Gasteiger partial charge in [0.1, 0.15) is 0 Å². The number of fused-ring (bicyclic) bond motifs is 1. The van der Waals surface area contributed by atoms with Gasteiger partial charge in [-0.05, 0) is 56.8 Å². The zero-order chi connectivity index (χ0) is 13.5. The van der Waals surface area contributed by atoms with E-state index >= 15 is 0 Å². The molecule has 108 valence electrons. The Labute approximate surface area is 116 Å². The monoisotopic (exact) mass is 265 g/mol. The van der Waals surface area contributed by atoms with E-state index in [-0.39, 0.29) is 5.60 Å². The summed E-state index contributed by atoms with van der Waals surface area (Å²) in [7, 11) is 0. The average molecular weight is 265 g/mol. The molecule has 3 aliphatic rings. The minimum Gasteiger partial charge on any atom is -0.375 e. The van der Waals surface area contributed by atoms with Gasteiger partial charge >= 0.3 is 0 Å². The molecule has 3 rings (SSSR count). The van der Waals surface area contributed by atoms with Crippen molar-refractivity contribution in [3.63, 3.8) is 0 Å². The predicted molar refractivity (Wildman–Crippen MR) is 74.8 cm³/mol. The molecule has 1 saturated heterocycles. The maximum absolute atomic E-state index is 12.3. The van der Waals surface area contributed by atoms with E-state index in [1.807, 2.05) is 0 Å². The van der Waals surface area contributed by atoms with Crippen molar-refractivity contribution in [3.8, 4) is 0 Å². The first-order valence-electron chi connectivity index (χ1n) is 8.10. The highest BCUT2D eigenvalue weighted by Gasteiger charge is 2.48. The lowest BCUT2D eigenvalue weighted by molar-refractivity contribution is -0.129. The quantitative estimate of drug-likeness (QED) is 0.849. The van der Waals surface area contributed by atoms with Gasteiger partial charge in [0.15, 0.2) is 0 Å². The lowest BCUT2D eigenvalue weighted by Crippen LogP contribution is -2.49. The van der Waals surface area contributed by atoms with E-state index in [0.29, 0.717) is 17.9 Å². The highest BCUT2D eigenvalue weighted by Crippen LogP contribution is 2.54. The van der Waals surface area contributed by atoms with Crippen molar-refractivity contribution in [2.45, 2.75) is 70.4 Å². The third kappa shape index (κ3) is 2.67. The van der Waals surface area contributed by atoms with E-state index in [1.54, 1.807) is 0 Å². The van der Waals surface area contributed by atoms with Crippen LogP contribution in [0.5, 0.6) is 0 Å². The second-order valence-electron chi connectivity index (χ2n) is 6.86. The van der Waals surface area contributed by atoms with Gasteiger partial charge in [-0.25, -0.2) is 0 Å². The molecule has 0 bridgehead atoms. The second-order valence-corrected chi connectivity index (χ2v) is 6.86. The molecule has 3 fully saturated rings. The van der Waals surface area contributed by atoms with Gasteiger partial charge in [-0.1, -0.05) is 13.8 Å². The maximum atomic E-state index is 12.3.